The standard InChI is InChI=1S/C64H90F6N12O12/c1-35(2)31-43-53(85)77-45(33-39-19-11-9-12-20-39)59(91)81-29-17-25-47(81)55(87)80-50(38(7)8)58(90)74-42(24-16-28-72-62(94)64(68,69)70)52(84)76-44(32-36(3)4)54(86)78-46(34-40-21-13-10-14-22-40)60(92)82-30-18-26-48(82)56(88)79-49(37(5)6)57(89)73-41(51(83)75-43)23-15-27-71-61(93)63(65,66)67/h9-14,19-22,35-38,41-50H,15-18,23-34H2,1-8H3,(H,71,93)(H,72,94)(H,73,89)(H,74,90)(H,75,83)(H,76,84)(H,77,85)(H,78,86)(H,79,88)(H,80,87)/t41-,42-,43-,44-,45+,46+,47-,48-,49-,50-/m0/s1. The molecule has 0 radical (unpaired) electrons. The van der Waals surface area contributed by atoms with E-state index in [0.29, 0.717) is 11.1 Å². The summed E-state index contributed by atoms with van der Waals surface area (Å²) in [5.41, 5.74) is 1.12. The van der Waals surface area contributed by atoms with Crippen LogP contribution >= 0.6 is 0 Å². The van der Waals surface area contributed by atoms with E-state index in [1.807, 2.05) is 0 Å². The number of nitrogens with one attached hydrogen (secondary N) is 10. The second-order valence-electron chi connectivity index (χ2n) is 25.6. The Morgan fingerprint density at radius 3 is 1.05 bits per heavy atom. The molecular weight excluding hydrogens is 1240 g/mol. The van der Waals surface area contributed by atoms with Crippen molar-refractivity contribution in [2.75, 3.05) is 26.2 Å². The van der Waals surface area contributed by atoms with Gasteiger partial charge in [-0.2, -0.15) is 26.3 Å². The number of hydrogen-bond acceptors (Lipinski definition) is 12. The number of carbonyl (C=O) groups is 12. The molecule has 0 saturated carbocycles. The van der Waals surface area contributed by atoms with Crippen LogP contribution in [0.2, 0.25) is 0 Å². The van der Waals surface area contributed by atoms with Crippen molar-refractivity contribution in [3.8, 4) is 0 Å². The molecule has 3 saturated heterocycles. The lowest BCUT2D eigenvalue weighted by Gasteiger charge is -2.33. The van der Waals surface area contributed by atoms with Gasteiger partial charge in [0.25, 0.3) is 0 Å². The maximum atomic E-state index is 15.0. The van der Waals surface area contributed by atoms with E-state index in [9.17, 15) is 83.9 Å². The fourth-order valence-corrected chi connectivity index (χ4v) is 11.4. The van der Waals surface area contributed by atoms with Gasteiger partial charge in [0.1, 0.15) is 60.4 Å². The van der Waals surface area contributed by atoms with Gasteiger partial charge in [0, 0.05) is 39.0 Å². The van der Waals surface area contributed by atoms with E-state index in [1.54, 1.807) is 127 Å². The summed E-state index contributed by atoms with van der Waals surface area (Å²) >= 11 is 0. The number of amides is 12. The lowest BCUT2D eigenvalue weighted by atomic mass is 9.98. The summed E-state index contributed by atoms with van der Waals surface area (Å²) in [5.74, 6) is -15.5. The highest BCUT2D eigenvalue weighted by atomic mass is 19.4. The fourth-order valence-electron chi connectivity index (χ4n) is 11.4. The van der Waals surface area contributed by atoms with E-state index in [2.05, 4.69) is 42.5 Å². The van der Waals surface area contributed by atoms with Gasteiger partial charge in [-0.05, 0) is 99.0 Å². The Hall–Kier alpha value is -8.34. The van der Waals surface area contributed by atoms with Crippen molar-refractivity contribution in [2.45, 2.75) is 205 Å². The van der Waals surface area contributed by atoms with Crippen LogP contribution in [0.25, 0.3) is 0 Å². The van der Waals surface area contributed by atoms with E-state index >= 15 is 0 Å². The van der Waals surface area contributed by atoms with Crippen LogP contribution in [0, 0.1) is 23.7 Å². The van der Waals surface area contributed by atoms with E-state index in [4.69, 9.17) is 0 Å². The smallest absolute Gasteiger partial charge is 0.348 e. The van der Waals surface area contributed by atoms with Gasteiger partial charge in [-0.15, -0.1) is 0 Å². The molecule has 3 aliphatic heterocycles. The van der Waals surface area contributed by atoms with Gasteiger partial charge in [0.2, 0.25) is 59.1 Å². The van der Waals surface area contributed by atoms with Gasteiger partial charge in [-0.25, -0.2) is 0 Å². The quantitative estimate of drug-likeness (QED) is 0.0761. The summed E-state index contributed by atoms with van der Waals surface area (Å²) in [6, 6.07) is 2.45. The van der Waals surface area contributed by atoms with Gasteiger partial charge < -0.3 is 63.0 Å². The molecule has 0 unspecified atom stereocenters. The molecule has 2 aromatic rings. The summed E-state index contributed by atoms with van der Waals surface area (Å²) < 4.78 is 79.4. The van der Waals surface area contributed by atoms with Crippen LogP contribution in [0.1, 0.15) is 131 Å². The number of hydrogen-bond donors (Lipinski definition) is 10. The van der Waals surface area contributed by atoms with Gasteiger partial charge >= 0.3 is 24.2 Å². The molecule has 0 spiro atoms. The molecule has 24 nitrogen and oxygen atoms in total. The maximum absolute atomic E-state index is 15.0. The van der Waals surface area contributed by atoms with Crippen LogP contribution in [0.5, 0.6) is 0 Å². The lowest BCUT2D eigenvalue weighted by Crippen LogP contribution is -2.62. The molecular formula is C64H90F6N12O12. The van der Waals surface area contributed by atoms with Crippen molar-refractivity contribution in [1.29, 1.82) is 0 Å². The van der Waals surface area contributed by atoms with Crippen molar-refractivity contribution < 1.29 is 83.9 Å². The zero-order valence-corrected chi connectivity index (χ0v) is 54.2. The number of benzene rings is 2. The first kappa shape index (κ1) is 76.4. The van der Waals surface area contributed by atoms with Crippen molar-refractivity contribution in [3.63, 3.8) is 0 Å². The minimum absolute atomic E-state index is 0.0102. The average molecular weight is 1330 g/mol. The average Bonchev–Trinajstić information content (AvgIpc) is 1.58. The highest BCUT2D eigenvalue weighted by molar-refractivity contribution is 6.00. The monoisotopic (exact) mass is 1330 g/mol. The van der Waals surface area contributed by atoms with Gasteiger partial charge in [0.15, 0.2) is 0 Å². The third-order valence-corrected chi connectivity index (χ3v) is 16.3. The molecule has 520 valence electrons. The minimum atomic E-state index is -5.24. The van der Waals surface area contributed by atoms with Gasteiger partial charge in [-0.3, -0.25) is 57.5 Å². The molecule has 5 rings (SSSR count). The largest absolute Gasteiger partial charge is 0.471 e. The summed E-state index contributed by atoms with van der Waals surface area (Å²) in [6.45, 7) is 11.9. The maximum Gasteiger partial charge on any atom is 0.471 e. The summed E-state index contributed by atoms with van der Waals surface area (Å²) in [5, 5.41) is 24.8. The van der Waals surface area contributed by atoms with Crippen molar-refractivity contribution >= 4 is 70.9 Å². The van der Waals surface area contributed by atoms with Crippen LogP contribution in [0.3, 0.4) is 0 Å². The third kappa shape index (κ3) is 23.0. The highest BCUT2D eigenvalue weighted by Crippen LogP contribution is 2.24. The topological polar surface area (TPSA) is 332 Å². The normalized spacial score (nSPS) is 24.9. The fraction of sp³-hybridized carbons (Fsp3) is 0.625. The SMILES string of the molecule is CC(C)C[C@@H]1NC(=O)[C@H](CCCNC(=O)C(F)(F)F)NC(=O)[C@H](C(C)C)NC(=O)[C@@H]2CCCN2C(=O)[C@@H](Cc2ccccc2)NC(=O)[C@H](CC(C)C)NC(=O)[C@H](CCCNC(=O)C(F)(F)F)NC(=O)[C@H](C(C)C)NC(=O)[C@@H]2CCCN2C(=O)[C@@H](Cc2ccccc2)NC1=O. The summed E-state index contributed by atoms with van der Waals surface area (Å²) in [6.07, 6.45) is -11.8. The number of fused-ring (bicyclic) bond motifs is 2. The Labute approximate surface area is 542 Å². The molecule has 0 bridgehead atoms. The second-order valence-corrected chi connectivity index (χ2v) is 25.6. The van der Waals surface area contributed by atoms with Gasteiger partial charge in [0.05, 0.1) is 0 Å². The molecule has 2 aromatic carbocycles. The van der Waals surface area contributed by atoms with E-state index in [0.717, 1.165) is 0 Å². The predicted octanol–water partition coefficient (Wildman–Crippen LogP) is 2.67. The van der Waals surface area contributed by atoms with Crippen LogP contribution in [0.4, 0.5) is 26.3 Å². The minimum Gasteiger partial charge on any atom is -0.348 e. The Kier molecular flexibility index (Phi) is 28.6. The van der Waals surface area contributed by atoms with Crippen LogP contribution in [0.15, 0.2) is 60.7 Å². The number of halogens is 6. The summed E-state index contributed by atoms with van der Waals surface area (Å²) in [4.78, 5) is 173. The Morgan fingerprint density at radius 1 is 0.436 bits per heavy atom. The van der Waals surface area contributed by atoms with Crippen molar-refractivity contribution in [1.82, 2.24) is 63.0 Å². The van der Waals surface area contributed by atoms with Crippen molar-refractivity contribution in [3.05, 3.63) is 71.8 Å². The highest BCUT2D eigenvalue weighted by Gasteiger charge is 2.45. The molecule has 3 heterocycles. The molecule has 0 aliphatic carbocycles. The molecule has 30 heteroatoms. The molecule has 12 amide bonds. The van der Waals surface area contributed by atoms with Crippen LogP contribution in [-0.2, 0) is 70.4 Å². The molecule has 10 N–H and O–H groups in total. The van der Waals surface area contributed by atoms with E-state index in [-0.39, 0.29) is 89.1 Å². The molecule has 94 heavy (non-hydrogen) atoms. The number of nitrogens with zero attached hydrogens (tertiary/aromatic N) is 2. The number of carbonyl (C=O) groups excluding carboxylic acids is 12. The Balaban J connectivity index is 1.62. The second kappa shape index (κ2) is 35.2. The molecule has 3 fully saturated rings. The zero-order valence-electron chi connectivity index (χ0n) is 54.2. The first-order valence-corrected chi connectivity index (χ1v) is 32.0. The number of alkyl halides is 6. The zero-order chi connectivity index (χ0) is 69.8. The first-order valence-electron chi connectivity index (χ1n) is 32.0. The molecule has 10 atom stereocenters. The molecule has 3 aliphatic rings. The van der Waals surface area contributed by atoms with Crippen LogP contribution < -0.4 is 53.2 Å². The van der Waals surface area contributed by atoms with Crippen molar-refractivity contribution in [2.24, 2.45) is 23.7 Å². The van der Waals surface area contributed by atoms with Gasteiger partial charge in [-0.1, -0.05) is 116 Å². The first-order chi connectivity index (χ1) is 44.2. The Bertz CT molecular complexity index is 2780. The van der Waals surface area contributed by atoms with E-state index in [1.165, 1.54) is 9.80 Å². The van der Waals surface area contributed by atoms with E-state index < -0.39 is 181 Å². The Morgan fingerprint density at radius 2 is 0.745 bits per heavy atom. The lowest BCUT2D eigenvalue weighted by molar-refractivity contribution is -0.173. The third-order valence-electron chi connectivity index (χ3n) is 16.3. The predicted molar refractivity (Wildman–Crippen MR) is 330 cm³/mol. The summed E-state index contributed by atoms with van der Waals surface area (Å²) in [7, 11) is 0. The number of rotatable bonds is 18. The van der Waals surface area contributed by atoms with Crippen LogP contribution in [-0.4, -0.2) is 180 Å². The molecule has 0 aromatic heterocycles.